The highest BCUT2D eigenvalue weighted by atomic mass is 19.4. The molecule has 1 aliphatic rings. The SMILES string of the molecule is CN1CCN(Cc2cccc(-c3ncn4ccccc34)c2)CC1.O=C(O)C(F)(F)F. The summed E-state index contributed by atoms with van der Waals surface area (Å²) < 4.78 is 33.8. The number of piperazine rings is 1. The number of likely N-dealkylation sites (N-methyl/N-ethyl adjacent to an activating group) is 1. The zero-order valence-electron chi connectivity index (χ0n) is 16.5. The lowest BCUT2D eigenvalue weighted by Gasteiger charge is -2.32. The molecule has 1 saturated heterocycles. The molecule has 1 aliphatic heterocycles. The Labute approximate surface area is 172 Å². The molecule has 1 fully saturated rings. The highest BCUT2D eigenvalue weighted by Gasteiger charge is 2.38. The fourth-order valence-electron chi connectivity index (χ4n) is 3.25. The smallest absolute Gasteiger partial charge is 0.475 e. The Morgan fingerprint density at radius 2 is 1.80 bits per heavy atom. The molecule has 4 rings (SSSR count). The first kappa shape index (κ1) is 21.8. The largest absolute Gasteiger partial charge is 0.490 e. The summed E-state index contributed by atoms with van der Waals surface area (Å²) in [4.78, 5) is 18.4. The Morgan fingerprint density at radius 1 is 1.10 bits per heavy atom. The second kappa shape index (κ2) is 9.27. The van der Waals surface area contributed by atoms with Gasteiger partial charge in [0.2, 0.25) is 0 Å². The van der Waals surface area contributed by atoms with E-state index in [-0.39, 0.29) is 0 Å². The molecule has 0 amide bonds. The molecule has 9 heteroatoms. The van der Waals surface area contributed by atoms with Gasteiger partial charge in [-0.05, 0) is 30.8 Å². The van der Waals surface area contributed by atoms with Gasteiger partial charge in [-0.25, -0.2) is 9.78 Å². The van der Waals surface area contributed by atoms with Crippen LogP contribution < -0.4 is 0 Å². The number of rotatable bonds is 3. The van der Waals surface area contributed by atoms with Crippen molar-refractivity contribution in [1.82, 2.24) is 19.2 Å². The molecule has 3 heterocycles. The Balaban J connectivity index is 0.000000318. The van der Waals surface area contributed by atoms with Crippen molar-refractivity contribution in [1.29, 1.82) is 0 Å². The predicted octanol–water partition coefficient (Wildman–Crippen LogP) is 3.38. The van der Waals surface area contributed by atoms with Gasteiger partial charge in [0, 0.05) is 44.5 Å². The van der Waals surface area contributed by atoms with Gasteiger partial charge < -0.3 is 14.4 Å². The molecule has 0 atom stereocenters. The highest BCUT2D eigenvalue weighted by molar-refractivity contribution is 5.77. The molecule has 30 heavy (non-hydrogen) atoms. The Kier molecular flexibility index (Phi) is 6.73. The number of imidazole rings is 1. The molecule has 0 bridgehead atoms. The zero-order valence-corrected chi connectivity index (χ0v) is 16.5. The summed E-state index contributed by atoms with van der Waals surface area (Å²) in [7, 11) is 2.20. The van der Waals surface area contributed by atoms with E-state index < -0.39 is 12.1 Å². The maximum absolute atomic E-state index is 10.6. The molecule has 6 nitrogen and oxygen atoms in total. The summed E-state index contributed by atoms with van der Waals surface area (Å²) in [5, 5.41) is 7.12. The van der Waals surface area contributed by atoms with Crippen molar-refractivity contribution in [2.24, 2.45) is 0 Å². The quantitative estimate of drug-likeness (QED) is 0.704. The normalized spacial score (nSPS) is 15.6. The molecule has 0 unspecified atom stereocenters. The maximum atomic E-state index is 10.6. The summed E-state index contributed by atoms with van der Waals surface area (Å²) >= 11 is 0. The number of nitrogens with zero attached hydrogens (tertiary/aromatic N) is 4. The average Bonchev–Trinajstić information content (AvgIpc) is 3.14. The van der Waals surface area contributed by atoms with Gasteiger partial charge in [-0.2, -0.15) is 13.2 Å². The van der Waals surface area contributed by atoms with Gasteiger partial charge in [0.05, 0.1) is 17.5 Å². The second-order valence-corrected chi connectivity index (χ2v) is 7.17. The van der Waals surface area contributed by atoms with Gasteiger partial charge in [-0.15, -0.1) is 0 Å². The fourth-order valence-corrected chi connectivity index (χ4v) is 3.25. The zero-order chi connectivity index (χ0) is 21.7. The third-order valence-electron chi connectivity index (χ3n) is 4.89. The number of hydrogen-bond acceptors (Lipinski definition) is 4. The standard InChI is InChI=1S/C19H22N4.C2HF3O2/c1-21-9-11-22(12-10-21)14-16-5-4-6-17(13-16)19-18-7-2-3-8-23(18)15-20-19;3-2(4,5)1(6)7/h2-8,13,15H,9-12,14H2,1H3;(H,6,7). The summed E-state index contributed by atoms with van der Waals surface area (Å²) in [5.74, 6) is -2.76. The van der Waals surface area contributed by atoms with Crippen molar-refractivity contribution in [3.05, 3.63) is 60.6 Å². The Bertz CT molecular complexity index is 995. The molecule has 160 valence electrons. The van der Waals surface area contributed by atoms with Crippen LogP contribution in [0.4, 0.5) is 13.2 Å². The molecule has 1 aromatic carbocycles. The van der Waals surface area contributed by atoms with Gasteiger partial charge >= 0.3 is 12.1 Å². The number of aliphatic carboxylic acids is 1. The number of aromatic nitrogens is 2. The van der Waals surface area contributed by atoms with Crippen LogP contribution in [0.5, 0.6) is 0 Å². The van der Waals surface area contributed by atoms with Gasteiger partial charge in [0.15, 0.2) is 0 Å². The van der Waals surface area contributed by atoms with Crippen molar-refractivity contribution in [3.63, 3.8) is 0 Å². The van der Waals surface area contributed by atoms with E-state index >= 15 is 0 Å². The van der Waals surface area contributed by atoms with Crippen LogP contribution >= 0.6 is 0 Å². The van der Waals surface area contributed by atoms with Crippen LogP contribution in [0, 0.1) is 0 Å². The van der Waals surface area contributed by atoms with E-state index in [0.717, 1.165) is 43.9 Å². The molecule has 0 spiro atoms. The van der Waals surface area contributed by atoms with E-state index in [0.29, 0.717) is 0 Å². The summed E-state index contributed by atoms with van der Waals surface area (Å²) in [6.45, 7) is 5.63. The van der Waals surface area contributed by atoms with Crippen LogP contribution in [0.25, 0.3) is 16.8 Å². The van der Waals surface area contributed by atoms with E-state index in [1.807, 2.05) is 18.6 Å². The van der Waals surface area contributed by atoms with Crippen LogP contribution in [0.15, 0.2) is 55.0 Å². The number of carbonyl (C=O) groups is 1. The average molecular weight is 420 g/mol. The number of pyridine rings is 1. The van der Waals surface area contributed by atoms with Crippen molar-refractivity contribution < 1.29 is 23.1 Å². The third-order valence-corrected chi connectivity index (χ3v) is 4.89. The van der Waals surface area contributed by atoms with E-state index in [1.54, 1.807) is 0 Å². The molecule has 2 aromatic heterocycles. The van der Waals surface area contributed by atoms with Crippen LogP contribution in [0.1, 0.15) is 5.56 Å². The minimum absolute atomic E-state index is 1.02. The minimum atomic E-state index is -5.08. The molecule has 0 radical (unpaired) electrons. The van der Waals surface area contributed by atoms with Crippen molar-refractivity contribution >= 4 is 11.5 Å². The summed E-state index contributed by atoms with van der Waals surface area (Å²) in [6, 6.07) is 15.0. The molecule has 0 aliphatic carbocycles. The lowest BCUT2D eigenvalue weighted by Crippen LogP contribution is -2.43. The van der Waals surface area contributed by atoms with E-state index in [9.17, 15) is 13.2 Å². The molecule has 1 N–H and O–H groups in total. The van der Waals surface area contributed by atoms with Crippen LogP contribution in [0.2, 0.25) is 0 Å². The lowest BCUT2D eigenvalue weighted by molar-refractivity contribution is -0.192. The van der Waals surface area contributed by atoms with E-state index in [4.69, 9.17) is 9.90 Å². The van der Waals surface area contributed by atoms with Gasteiger partial charge in [-0.3, -0.25) is 4.90 Å². The second-order valence-electron chi connectivity index (χ2n) is 7.17. The number of alkyl halides is 3. The Morgan fingerprint density at radius 3 is 2.47 bits per heavy atom. The number of hydrogen-bond donors (Lipinski definition) is 1. The van der Waals surface area contributed by atoms with Crippen LogP contribution in [0.3, 0.4) is 0 Å². The van der Waals surface area contributed by atoms with Crippen molar-refractivity contribution in [2.45, 2.75) is 12.7 Å². The lowest BCUT2D eigenvalue weighted by atomic mass is 10.1. The van der Waals surface area contributed by atoms with Crippen molar-refractivity contribution in [2.75, 3.05) is 33.2 Å². The summed E-state index contributed by atoms with van der Waals surface area (Å²) in [6.07, 6.45) is -1.16. The van der Waals surface area contributed by atoms with E-state index in [1.165, 1.54) is 11.1 Å². The Hall–Kier alpha value is -2.91. The van der Waals surface area contributed by atoms with Crippen LogP contribution in [-0.4, -0.2) is 69.7 Å². The van der Waals surface area contributed by atoms with Gasteiger partial charge in [-0.1, -0.05) is 24.3 Å². The summed E-state index contributed by atoms with van der Waals surface area (Å²) in [5.41, 5.74) is 4.78. The molecule has 3 aromatic rings. The number of carboxylic acids is 1. The van der Waals surface area contributed by atoms with Crippen molar-refractivity contribution in [3.8, 4) is 11.3 Å². The molecule has 0 saturated carbocycles. The van der Waals surface area contributed by atoms with E-state index in [2.05, 4.69) is 62.6 Å². The number of benzene rings is 1. The fraction of sp³-hybridized carbons (Fsp3) is 0.333. The predicted molar refractivity (Wildman–Crippen MR) is 107 cm³/mol. The van der Waals surface area contributed by atoms with Gasteiger partial charge in [0.1, 0.15) is 0 Å². The molecular weight excluding hydrogens is 397 g/mol. The number of fused-ring (bicyclic) bond motifs is 1. The van der Waals surface area contributed by atoms with Crippen LogP contribution in [-0.2, 0) is 11.3 Å². The third kappa shape index (κ3) is 5.58. The van der Waals surface area contributed by atoms with Gasteiger partial charge in [0.25, 0.3) is 0 Å². The monoisotopic (exact) mass is 420 g/mol. The molecular formula is C21H23F3N4O2. The first-order valence-electron chi connectivity index (χ1n) is 9.46. The maximum Gasteiger partial charge on any atom is 0.490 e. The number of halogens is 3. The topological polar surface area (TPSA) is 61.1 Å². The minimum Gasteiger partial charge on any atom is -0.475 e. The highest BCUT2D eigenvalue weighted by Crippen LogP contribution is 2.24. The first-order valence-corrected chi connectivity index (χ1v) is 9.46. The first-order chi connectivity index (χ1) is 14.2. The number of carboxylic acid groups (broad SMARTS) is 1.